The van der Waals surface area contributed by atoms with Gasteiger partial charge in [0.15, 0.2) is 0 Å². The van der Waals surface area contributed by atoms with E-state index < -0.39 is 11.9 Å². The highest BCUT2D eigenvalue weighted by atomic mass is 16.2. The number of primary amides is 1. The van der Waals surface area contributed by atoms with E-state index in [4.69, 9.17) is 11.6 Å². The van der Waals surface area contributed by atoms with Crippen LogP contribution in [0.15, 0.2) is 0 Å². The Kier molecular flexibility index (Phi) is 3.51. The summed E-state index contributed by atoms with van der Waals surface area (Å²) >= 11 is 0. The number of urea groups is 1. The summed E-state index contributed by atoms with van der Waals surface area (Å²) in [6.07, 6.45) is 2.90. The number of rotatable bonds is 3. The number of imide groups is 1. The summed E-state index contributed by atoms with van der Waals surface area (Å²) in [4.78, 5) is 35.9. The molecule has 7 nitrogen and oxygen atoms in total. The van der Waals surface area contributed by atoms with Crippen LogP contribution in [0.5, 0.6) is 0 Å². The van der Waals surface area contributed by atoms with E-state index >= 15 is 0 Å². The van der Waals surface area contributed by atoms with Gasteiger partial charge in [-0.05, 0) is 25.2 Å². The molecule has 1 heterocycles. The van der Waals surface area contributed by atoms with Gasteiger partial charge in [-0.25, -0.2) is 10.6 Å². The Hall–Kier alpha value is -1.63. The fourth-order valence-corrected chi connectivity index (χ4v) is 2.26. The zero-order chi connectivity index (χ0) is 13.3. The lowest BCUT2D eigenvalue weighted by Crippen LogP contribution is -2.46. The van der Waals surface area contributed by atoms with Crippen LogP contribution in [0.4, 0.5) is 4.79 Å². The molecule has 7 heteroatoms. The predicted molar refractivity (Wildman–Crippen MR) is 62.6 cm³/mol. The first kappa shape index (κ1) is 12.8. The number of carbonyl (C=O) groups excluding carboxylic acids is 3. The first-order valence-electron chi connectivity index (χ1n) is 6.15. The van der Waals surface area contributed by atoms with E-state index in [-0.39, 0.29) is 24.2 Å². The fourth-order valence-electron chi connectivity index (χ4n) is 2.26. The van der Waals surface area contributed by atoms with Crippen LogP contribution in [0, 0.1) is 11.8 Å². The number of carbonyl (C=O) groups is 3. The van der Waals surface area contributed by atoms with Crippen molar-refractivity contribution in [2.24, 2.45) is 23.4 Å². The van der Waals surface area contributed by atoms with Gasteiger partial charge in [0.05, 0.1) is 0 Å². The third kappa shape index (κ3) is 2.79. The average molecular weight is 254 g/mol. The number of hydrogen-bond donors (Lipinski definition) is 2. The molecule has 0 bridgehead atoms. The van der Waals surface area contributed by atoms with Crippen molar-refractivity contribution in [3.63, 3.8) is 0 Å². The summed E-state index contributed by atoms with van der Waals surface area (Å²) < 4.78 is 0. The van der Waals surface area contributed by atoms with Crippen LogP contribution in [-0.2, 0) is 9.59 Å². The highest BCUT2D eigenvalue weighted by Gasteiger charge is 2.37. The van der Waals surface area contributed by atoms with Gasteiger partial charge >= 0.3 is 6.03 Å². The SMILES string of the molecule is NC(=O)N(N)C(=O)C[C@H]1CCN(C(=O)C2CC2)C1. The molecule has 0 unspecified atom stereocenters. The van der Waals surface area contributed by atoms with Crippen molar-refractivity contribution in [1.29, 1.82) is 0 Å². The maximum atomic E-state index is 11.8. The van der Waals surface area contributed by atoms with Crippen molar-refractivity contribution in [3.05, 3.63) is 0 Å². The minimum Gasteiger partial charge on any atom is -0.350 e. The molecular weight excluding hydrogens is 236 g/mol. The molecule has 100 valence electrons. The number of hydrazine groups is 1. The van der Waals surface area contributed by atoms with Gasteiger partial charge in [0.25, 0.3) is 0 Å². The molecule has 2 aliphatic rings. The number of nitrogens with zero attached hydrogens (tertiary/aromatic N) is 2. The Morgan fingerprint density at radius 2 is 1.89 bits per heavy atom. The van der Waals surface area contributed by atoms with Gasteiger partial charge in [-0.1, -0.05) is 0 Å². The van der Waals surface area contributed by atoms with Crippen LogP contribution in [0.3, 0.4) is 0 Å². The minimum atomic E-state index is -0.955. The Bertz CT molecular complexity index is 380. The molecular formula is C11H18N4O3. The van der Waals surface area contributed by atoms with Gasteiger partial charge in [-0.2, -0.15) is 5.01 Å². The molecule has 4 amide bonds. The molecule has 1 aliphatic carbocycles. The fraction of sp³-hybridized carbons (Fsp3) is 0.727. The number of hydrogen-bond acceptors (Lipinski definition) is 4. The molecule has 4 N–H and O–H groups in total. The third-order valence-corrected chi connectivity index (χ3v) is 3.49. The van der Waals surface area contributed by atoms with Crippen LogP contribution >= 0.6 is 0 Å². The molecule has 0 aromatic heterocycles. The van der Waals surface area contributed by atoms with Gasteiger partial charge < -0.3 is 10.6 Å². The molecule has 2 fully saturated rings. The van der Waals surface area contributed by atoms with Crippen LogP contribution in [-0.4, -0.2) is 40.8 Å². The van der Waals surface area contributed by atoms with E-state index in [0.717, 1.165) is 19.3 Å². The number of amides is 4. The second kappa shape index (κ2) is 4.93. The summed E-state index contributed by atoms with van der Waals surface area (Å²) in [5, 5.41) is 0.436. The summed E-state index contributed by atoms with van der Waals surface area (Å²) in [6.45, 7) is 1.27. The Balaban J connectivity index is 1.80. The molecule has 0 aromatic carbocycles. The van der Waals surface area contributed by atoms with E-state index in [1.807, 2.05) is 0 Å². The summed E-state index contributed by atoms with van der Waals surface area (Å²) in [6, 6.07) is -0.955. The smallest absolute Gasteiger partial charge is 0.336 e. The standard InChI is InChI=1S/C11H18N4O3/c12-11(18)15(13)9(16)5-7-3-4-14(6-7)10(17)8-1-2-8/h7-8H,1-6,13H2,(H2,12,18)/t7-/m1/s1. The summed E-state index contributed by atoms with van der Waals surface area (Å²) in [5.41, 5.74) is 4.91. The second-order valence-electron chi connectivity index (χ2n) is 5.02. The van der Waals surface area contributed by atoms with Gasteiger partial charge in [-0.15, -0.1) is 0 Å². The first-order chi connectivity index (χ1) is 8.49. The zero-order valence-corrected chi connectivity index (χ0v) is 10.2. The number of likely N-dealkylation sites (tertiary alicyclic amines) is 1. The second-order valence-corrected chi connectivity index (χ2v) is 5.02. The maximum absolute atomic E-state index is 11.8. The molecule has 1 saturated carbocycles. The molecule has 1 atom stereocenters. The monoisotopic (exact) mass is 254 g/mol. The lowest BCUT2D eigenvalue weighted by Gasteiger charge is -2.17. The van der Waals surface area contributed by atoms with E-state index in [1.165, 1.54) is 0 Å². The summed E-state index contributed by atoms with van der Waals surface area (Å²) in [7, 11) is 0. The van der Waals surface area contributed by atoms with Crippen molar-refractivity contribution in [1.82, 2.24) is 9.91 Å². The predicted octanol–water partition coefficient (Wildman–Crippen LogP) is -0.584. The van der Waals surface area contributed by atoms with Crippen molar-refractivity contribution in [2.45, 2.75) is 25.7 Å². The van der Waals surface area contributed by atoms with Crippen molar-refractivity contribution >= 4 is 17.8 Å². The van der Waals surface area contributed by atoms with Gasteiger partial charge in [0.2, 0.25) is 11.8 Å². The number of nitrogens with two attached hydrogens (primary N) is 2. The molecule has 0 radical (unpaired) electrons. The Morgan fingerprint density at radius 3 is 2.44 bits per heavy atom. The average Bonchev–Trinajstić information content (AvgIpc) is 3.08. The van der Waals surface area contributed by atoms with E-state index in [9.17, 15) is 14.4 Å². The van der Waals surface area contributed by atoms with Crippen molar-refractivity contribution < 1.29 is 14.4 Å². The molecule has 0 spiro atoms. The molecule has 0 aromatic rings. The van der Waals surface area contributed by atoms with Crippen LogP contribution in [0.2, 0.25) is 0 Å². The normalized spacial score (nSPS) is 22.9. The van der Waals surface area contributed by atoms with E-state index in [2.05, 4.69) is 0 Å². The Morgan fingerprint density at radius 1 is 1.22 bits per heavy atom. The Labute approximate surface area is 105 Å². The van der Waals surface area contributed by atoms with E-state index in [0.29, 0.717) is 18.1 Å². The van der Waals surface area contributed by atoms with Crippen LogP contribution in [0.1, 0.15) is 25.7 Å². The van der Waals surface area contributed by atoms with Gasteiger partial charge in [-0.3, -0.25) is 9.59 Å². The zero-order valence-electron chi connectivity index (χ0n) is 10.2. The van der Waals surface area contributed by atoms with Gasteiger partial charge in [0, 0.05) is 25.4 Å². The molecule has 18 heavy (non-hydrogen) atoms. The van der Waals surface area contributed by atoms with E-state index in [1.54, 1.807) is 4.90 Å². The van der Waals surface area contributed by atoms with Crippen LogP contribution in [0.25, 0.3) is 0 Å². The largest absolute Gasteiger partial charge is 0.350 e. The maximum Gasteiger partial charge on any atom is 0.336 e. The van der Waals surface area contributed by atoms with Crippen molar-refractivity contribution in [3.8, 4) is 0 Å². The quantitative estimate of drug-likeness (QED) is 0.398. The highest BCUT2D eigenvalue weighted by molar-refractivity contribution is 5.93. The lowest BCUT2D eigenvalue weighted by molar-refractivity contribution is -0.132. The molecule has 2 rings (SSSR count). The lowest BCUT2D eigenvalue weighted by atomic mass is 10.0. The van der Waals surface area contributed by atoms with Crippen molar-refractivity contribution in [2.75, 3.05) is 13.1 Å². The summed E-state index contributed by atoms with van der Waals surface area (Å²) in [5.74, 6) is 5.21. The van der Waals surface area contributed by atoms with Gasteiger partial charge in [0.1, 0.15) is 0 Å². The molecule has 1 aliphatic heterocycles. The third-order valence-electron chi connectivity index (χ3n) is 3.49. The molecule has 1 saturated heterocycles. The topological polar surface area (TPSA) is 110 Å². The van der Waals surface area contributed by atoms with Crippen LogP contribution < -0.4 is 11.6 Å². The highest BCUT2D eigenvalue weighted by Crippen LogP contribution is 2.33. The minimum absolute atomic E-state index is 0.0746. The first-order valence-corrected chi connectivity index (χ1v) is 6.15.